The number of nitrogens with zero attached hydrogens (tertiary/aromatic N) is 1. The smallest absolute Gasteiger partial charge is 0.270 e. The first-order valence-electron chi connectivity index (χ1n) is 8.35. The van der Waals surface area contributed by atoms with E-state index in [0.29, 0.717) is 11.1 Å². The third-order valence-corrected chi connectivity index (χ3v) is 6.59. The van der Waals surface area contributed by atoms with Crippen LogP contribution in [0.3, 0.4) is 0 Å². The summed E-state index contributed by atoms with van der Waals surface area (Å²) in [6, 6.07) is 15.7. The molecule has 29 heavy (non-hydrogen) atoms. The molecular formula is C20H12ClFN2O4S. The molecule has 146 valence electrons. The van der Waals surface area contributed by atoms with Crippen LogP contribution in [-0.2, 0) is 9.84 Å². The fourth-order valence-corrected chi connectivity index (χ4v) is 4.96. The maximum atomic E-state index is 14.2. The van der Waals surface area contributed by atoms with Gasteiger partial charge in [-0.25, -0.2) is 12.8 Å². The van der Waals surface area contributed by atoms with Gasteiger partial charge < -0.3 is 4.98 Å². The highest BCUT2D eigenvalue weighted by atomic mass is 35.5. The molecule has 0 saturated carbocycles. The molecule has 0 atom stereocenters. The predicted molar refractivity (Wildman–Crippen MR) is 107 cm³/mol. The monoisotopic (exact) mass is 430 g/mol. The number of nitro benzene ring substituents is 1. The maximum Gasteiger partial charge on any atom is 0.270 e. The molecular weight excluding hydrogens is 419 g/mol. The lowest BCUT2D eigenvalue weighted by atomic mass is 10.1. The van der Waals surface area contributed by atoms with Crippen molar-refractivity contribution in [1.82, 2.24) is 4.98 Å². The molecule has 6 nitrogen and oxygen atoms in total. The summed E-state index contributed by atoms with van der Waals surface area (Å²) in [5, 5.41) is 11.0. The Morgan fingerprint density at radius 3 is 2.41 bits per heavy atom. The Bertz CT molecular complexity index is 1370. The summed E-state index contributed by atoms with van der Waals surface area (Å²) in [7, 11) is -4.23. The topological polar surface area (TPSA) is 93.1 Å². The van der Waals surface area contributed by atoms with Crippen molar-refractivity contribution in [3.8, 4) is 11.3 Å². The number of fused-ring (bicyclic) bond motifs is 1. The molecule has 0 aliphatic heterocycles. The van der Waals surface area contributed by atoms with Gasteiger partial charge in [0.1, 0.15) is 10.7 Å². The van der Waals surface area contributed by atoms with Gasteiger partial charge in [0, 0.05) is 23.0 Å². The molecule has 0 aliphatic carbocycles. The van der Waals surface area contributed by atoms with E-state index in [1.54, 1.807) is 30.3 Å². The summed E-state index contributed by atoms with van der Waals surface area (Å²) < 4.78 is 41.1. The second-order valence-electron chi connectivity index (χ2n) is 6.26. The zero-order chi connectivity index (χ0) is 20.8. The molecule has 1 heterocycles. The minimum Gasteiger partial charge on any atom is -0.353 e. The Morgan fingerprint density at radius 1 is 1.00 bits per heavy atom. The van der Waals surface area contributed by atoms with Crippen molar-refractivity contribution in [2.45, 2.75) is 9.79 Å². The number of aromatic nitrogens is 1. The van der Waals surface area contributed by atoms with Crippen LogP contribution in [0, 0.1) is 15.9 Å². The molecule has 0 bridgehead atoms. The molecule has 0 fully saturated rings. The summed E-state index contributed by atoms with van der Waals surface area (Å²) in [6.07, 6.45) is 0. The van der Waals surface area contributed by atoms with Crippen LogP contribution in [0.2, 0.25) is 5.02 Å². The number of rotatable bonds is 4. The number of nitro groups is 1. The van der Waals surface area contributed by atoms with Crippen LogP contribution < -0.4 is 0 Å². The van der Waals surface area contributed by atoms with E-state index in [1.165, 1.54) is 24.3 Å². The SMILES string of the molecule is O=[N+]([O-])c1cccc(S(=O)(=O)c2c(-c3ccccc3)[nH]c3cc(Cl)c(F)cc23)c1. The van der Waals surface area contributed by atoms with Crippen molar-refractivity contribution >= 4 is 38.0 Å². The van der Waals surface area contributed by atoms with E-state index in [1.807, 2.05) is 0 Å². The quantitative estimate of drug-likeness (QED) is 0.348. The second-order valence-corrected chi connectivity index (χ2v) is 8.56. The third kappa shape index (κ3) is 3.26. The van der Waals surface area contributed by atoms with Crippen molar-refractivity contribution in [3.05, 3.63) is 87.7 Å². The summed E-state index contributed by atoms with van der Waals surface area (Å²) >= 11 is 5.86. The number of hydrogen-bond donors (Lipinski definition) is 1. The van der Waals surface area contributed by atoms with Gasteiger partial charge in [-0.05, 0) is 23.8 Å². The van der Waals surface area contributed by atoms with Crippen LogP contribution in [-0.4, -0.2) is 18.3 Å². The molecule has 3 aromatic carbocycles. The number of H-pyrrole nitrogens is 1. The van der Waals surface area contributed by atoms with Gasteiger partial charge in [0.2, 0.25) is 9.84 Å². The fraction of sp³-hybridized carbons (Fsp3) is 0. The highest BCUT2D eigenvalue weighted by Gasteiger charge is 2.29. The van der Waals surface area contributed by atoms with Crippen molar-refractivity contribution in [1.29, 1.82) is 0 Å². The number of benzene rings is 3. The summed E-state index contributed by atoms with van der Waals surface area (Å²) in [4.78, 5) is 13.0. The first-order valence-corrected chi connectivity index (χ1v) is 10.2. The van der Waals surface area contributed by atoms with Gasteiger partial charge in [-0.2, -0.15) is 0 Å². The van der Waals surface area contributed by atoms with E-state index >= 15 is 0 Å². The molecule has 0 aliphatic rings. The lowest BCUT2D eigenvalue weighted by molar-refractivity contribution is -0.385. The predicted octanol–water partition coefficient (Wildman–Crippen LogP) is 5.37. The number of non-ortho nitro benzene ring substituents is 1. The highest BCUT2D eigenvalue weighted by molar-refractivity contribution is 7.92. The first-order chi connectivity index (χ1) is 13.8. The number of aromatic amines is 1. The zero-order valence-corrected chi connectivity index (χ0v) is 16.2. The van der Waals surface area contributed by atoms with E-state index in [4.69, 9.17) is 11.6 Å². The van der Waals surface area contributed by atoms with E-state index in [9.17, 15) is 22.9 Å². The summed E-state index contributed by atoms with van der Waals surface area (Å²) in [5.74, 6) is -0.770. The highest BCUT2D eigenvalue weighted by Crippen LogP contribution is 2.39. The Balaban J connectivity index is 2.07. The average molecular weight is 431 g/mol. The van der Waals surface area contributed by atoms with Gasteiger partial charge in [-0.15, -0.1) is 0 Å². The number of hydrogen-bond acceptors (Lipinski definition) is 4. The Kier molecular flexibility index (Phi) is 4.60. The molecule has 9 heteroatoms. The minimum atomic E-state index is -4.23. The minimum absolute atomic E-state index is 0.109. The van der Waals surface area contributed by atoms with Crippen molar-refractivity contribution < 1.29 is 17.7 Å². The van der Waals surface area contributed by atoms with Gasteiger partial charge in [0.05, 0.1) is 20.5 Å². The van der Waals surface area contributed by atoms with Crippen LogP contribution in [0.4, 0.5) is 10.1 Å². The van der Waals surface area contributed by atoms with Crippen molar-refractivity contribution in [3.63, 3.8) is 0 Å². The van der Waals surface area contributed by atoms with Crippen LogP contribution in [0.1, 0.15) is 0 Å². The van der Waals surface area contributed by atoms with E-state index in [0.717, 1.165) is 12.1 Å². The second kappa shape index (κ2) is 6.98. The van der Waals surface area contributed by atoms with Crippen LogP contribution in [0.5, 0.6) is 0 Å². The molecule has 0 radical (unpaired) electrons. The lowest BCUT2D eigenvalue weighted by Gasteiger charge is -2.08. The molecule has 0 saturated heterocycles. The number of nitrogens with one attached hydrogen (secondary N) is 1. The standard InChI is InChI=1S/C20H12ClFN2O4S/c21-16-11-18-15(10-17(16)22)20(19(23-18)12-5-2-1-3-6-12)29(27,28)14-8-4-7-13(9-14)24(25)26/h1-11,23H. The molecule has 4 rings (SSSR count). The van der Waals surface area contributed by atoms with Crippen LogP contribution >= 0.6 is 11.6 Å². The van der Waals surface area contributed by atoms with Gasteiger partial charge in [-0.1, -0.05) is 48.0 Å². The Labute approximate surface area is 169 Å². The fourth-order valence-electron chi connectivity index (χ4n) is 3.13. The largest absolute Gasteiger partial charge is 0.353 e. The summed E-state index contributed by atoms with van der Waals surface area (Å²) in [5.41, 5.74) is 0.777. The third-order valence-electron chi connectivity index (χ3n) is 4.46. The van der Waals surface area contributed by atoms with E-state index in [2.05, 4.69) is 4.98 Å². The normalized spacial score (nSPS) is 11.7. The molecule has 1 aromatic heterocycles. The van der Waals surface area contributed by atoms with E-state index in [-0.39, 0.29) is 31.6 Å². The first kappa shape index (κ1) is 19.1. The zero-order valence-electron chi connectivity index (χ0n) is 14.6. The Morgan fingerprint density at radius 2 is 1.72 bits per heavy atom. The van der Waals surface area contributed by atoms with Gasteiger partial charge >= 0.3 is 0 Å². The van der Waals surface area contributed by atoms with Crippen molar-refractivity contribution in [2.75, 3.05) is 0 Å². The molecule has 0 spiro atoms. The summed E-state index contributed by atoms with van der Waals surface area (Å²) in [6.45, 7) is 0. The van der Waals surface area contributed by atoms with Gasteiger partial charge in [-0.3, -0.25) is 10.1 Å². The number of halogens is 2. The molecule has 0 unspecified atom stereocenters. The van der Waals surface area contributed by atoms with Crippen LogP contribution in [0.25, 0.3) is 22.2 Å². The lowest BCUT2D eigenvalue weighted by Crippen LogP contribution is -2.04. The Hall–Kier alpha value is -3.23. The number of sulfone groups is 1. The molecule has 1 N–H and O–H groups in total. The van der Waals surface area contributed by atoms with E-state index < -0.39 is 20.6 Å². The molecule has 0 amide bonds. The van der Waals surface area contributed by atoms with Gasteiger partial charge in [0.15, 0.2) is 0 Å². The van der Waals surface area contributed by atoms with Gasteiger partial charge in [0.25, 0.3) is 5.69 Å². The maximum absolute atomic E-state index is 14.2. The average Bonchev–Trinajstić information content (AvgIpc) is 3.08. The molecule has 4 aromatic rings. The van der Waals surface area contributed by atoms with Crippen LogP contribution in [0.15, 0.2) is 76.5 Å². The van der Waals surface area contributed by atoms with Crippen molar-refractivity contribution in [2.24, 2.45) is 0 Å².